The van der Waals surface area contributed by atoms with Gasteiger partial charge in [0.25, 0.3) is 5.91 Å². The van der Waals surface area contributed by atoms with Crippen LogP contribution in [0.1, 0.15) is 36.7 Å². The molecule has 1 rings (SSSR count). The van der Waals surface area contributed by atoms with Crippen molar-refractivity contribution in [2.75, 3.05) is 19.7 Å². The Balaban J connectivity index is 2.52. The molecular weight excluding hydrogens is 208 g/mol. The first kappa shape index (κ1) is 12.7. The minimum atomic E-state index is -0.182. The number of aliphatic hydroxyl groups excluding tert-OH is 1. The van der Waals surface area contributed by atoms with Gasteiger partial charge in [0.1, 0.15) is 6.26 Å². The summed E-state index contributed by atoms with van der Waals surface area (Å²) in [6.07, 6.45) is 4.50. The third kappa shape index (κ3) is 3.66. The van der Waals surface area contributed by atoms with Crippen LogP contribution in [0.3, 0.4) is 0 Å². The van der Waals surface area contributed by atoms with Crippen LogP contribution in [0.25, 0.3) is 0 Å². The molecular formula is C11H18N2O3. The fourth-order valence-electron chi connectivity index (χ4n) is 1.47. The van der Waals surface area contributed by atoms with E-state index in [2.05, 4.69) is 16.6 Å². The highest BCUT2D eigenvalue weighted by Crippen LogP contribution is 2.04. The van der Waals surface area contributed by atoms with Crippen molar-refractivity contribution in [3.8, 4) is 0 Å². The van der Waals surface area contributed by atoms with Crippen molar-refractivity contribution < 1.29 is 14.4 Å². The zero-order valence-electron chi connectivity index (χ0n) is 9.56. The van der Waals surface area contributed by atoms with Gasteiger partial charge < -0.3 is 14.5 Å². The van der Waals surface area contributed by atoms with E-state index in [-0.39, 0.29) is 12.5 Å². The number of hydrogen-bond acceptors (Lipinski definition) is 4. The van der Waals surface area contributed by atoms with E-state index in [1.165, 1.54) is 12.3 Å². The molecule has 1 aromatic heterocycles. The first-order valence-corrected chi connectivity index (χ1v) is 5.60. The highest BCUT2D eigenvalue weighted by molar-refractivity contribution is 5.92. The maximum absolute atomic E-state index is 11.9. The van der Waals surface area contributed by atoms with E-state index in [1.54, 1.807) is 4.90 Å². The predicted molar refractivity (Wildman–Crippen MR) is 59.0 cm³/mol. The minimum Gasteiger partial charge on any atom is -0.395 e. The highest BCUT2D eigenvalue weighted by atomic mass is 16.5. The zero-order chi connectivity index (χ0) is 11.8. The molecule has 0 fully saturated rings. The van der Waals surface area contributed by atoms with Crippen molar-refractivity contribution in [2.24, 2.45) is 0 Å². The van der Waals surface area contributed by atoms with E-state index in [1.807, 2.05) is 0 Å². The summed E-state index contributed by atoms with van der Waals surface area (Å²) in [5.74, 6) is -0.182. The molecule has 0 saturated heterocycles. The van der Waals surface area contributed by atoms with Crippen LogP contribution in [0.4, 0.5) is 0 Å². The molecule has 0 aliphatic carbocycles. The number of nitrogens with zero attached hydrogens (tertiary/aromatic N) is 2. The number of carbonyl (C=O) groups excluding carboxylic acids is 1. The standard InChI is InChI=1S/C11H18N2O3/c1-2-3-4-6-13(7-8-14)11(15)10-5-9-16-12-10/h5,9,14H,2-4,6-8H2,1H3. The lowest BCUT2D eigenvalue weighted by molar-refractivity contribution is 0.0708. The zero-order valence-corrected chi connectivity index (χ0v) is 9.56. The van der Waals surface area contributed by atoms with Gasteiger partial charge in [-0.15, -0.1) is 0 Å². The highest BCUT2D eigenvalue weighted by Gasteiger charge is 2.17. The molecule has 1 amide bonds. The number of amides is 1. The Morgan fingerprint density at radius 2 is 2.31 bits per heavy atom. The van der Waals surface area contributed by atoms with Gasteiger partial charge in [-0.1, -0.05) is 24.9 Å². The molecule has 0 spiro atoms. The second-order valence-electron chi connectivity index (χ2n) is 3.61. The van der Waals surface area contributed by atoms with Crippen LogP contribution in [0, 0.1) is 0 Å². The maximum atomic E-state index is 11.9. The van der Waals surface area contributed by atoms with Crippen LogP contribution in [0.2, 0.25) is 0 Å². The van der Waals surface area contributed by atoms with Crippen molar-refractivity contribution in [3.63, 3.8) is 0 Å². The molecule has 0 aliphatic heterocycles. The SMILES string of the molecule is CCCCCN(CCO)C(=O)c1ccon1. The van der Waals surface area contributed by atoms with Crippen LogP contribution in [0.5, 0.6) is 0 Å². The molecule has 5 heteroatoms. The minimum absolute atomic E-state index is 0.0320. The number of aromatic nitrogens is 1. The van der Waals surface area contributed by atoms with Crippen LogP contribution < -0.4 is 0 Å². The molecule has 0 radical (unpaired) electrons. The maximum Gasteiger partial charge on any atom is 0.276 e. The van der Waals surface area contributed by atoms with Crippen molar-refractivity contribution in [1.82, 2.24) is 10.1 Å². The molecule has 1 heterocycles. The second-order valence-corrected chi connectivity index (χ2v) is 3.61. The van der Waals surface area contributed by atoms with Crippen molar-refractivity contribution in [3.05, 3.63) is 18.0 Å². The average molecular weight is 226 g/mol. The number of hydrogen-bond donors (Lipinski definition) is 1. The summed E-state index contributed by atoms with van der Waals surface area (Å²) in [6, 6.07) is 1.53. The van der Waals surface area contributed by atoms with Gasteiger partial charge in [-0.25, -0.2) is 0 Å². The lowest BCUT2D eigenvalue weighted by Crippen LogP contribution is -2.34. The van der Waals surface area contributed by atoms with Gasteiger partial charge in [0.15, 0.2) is 5.69 Å². The summed E-state index contributed by atoms with van der Waals surface area (Å²) >= 11 is 0. The van der Waals surface area contributed by atoms with Crippen LogP contribution in [0.15, 0.2) is 16.9 Å². The van der Waals surface area contributed by atoms with Gasteiger partial charge >= 0.3 is 0 Å². The van der Waals surface area contributed by atoms with Gasteiger partial charge in [-0.05, 0) is 6.42 Å². The van der Waals surface area contributed by atoms with E-state index < -0.39 is 0 Å². The predicted octanol–water partition coefficient (Wildman–Crippen LogP) is 1.30. The van der Waals surface area contributed by atoms with Crippen molar-refractivity contribution >= 4 is 5.91 Å². The van der Waals surface area contributed by atoms with Crippen molar-refractivity contribution in [1.29, 1.82) is 0 Å². The molecule has 0 aliphatic rings. The lowest BCUT2D eigenvalue weighted by atomic mass is 10.2. The number of rotatable bonds is 7. The number of unbranched alkanes of at least 4 members (excludes halogenated alkanes) is 2. The van der Waals surface area contributed by atoms with Gasteiger partial charge in [0.2, 0.25) is 0 Å². The summed E-state index contributed by atoms with van der Waals surface area (Å²) in [4.78, 5) is 13.5. The Labute approximate surface area is 95.0 Å². The number of carbonyl (C=O) groups is 1. The monoisotopic (exact) mass is 226 g/mol. The van der Waals surface area contributed by atoms with E-state index in [0.29, 0.717) is 18.8 Å². The second kappa shape index (κ2) is 7.00. The summed E-state index contributed by atoms with van der Waals surface area (Å²) in [7, 11) is 0. The van der Waals surface area contributed by atoms with Crippen LogP contribution in [-0.4, -0.2) is 40.8 Å². The first-order chi connectivity index (χ1) is 7.79. The van der Waals surface area contributed by atoms with Gasteiger partial charge in [0.05, 0.1) is 6.61 Å². The van der Waals surface area contributed by atoms with Gasteiger partial charge in [-0.3, -0.25) is 4.79 Å². The molecule has 0 aromatic carbocycles. The Hall–Kier alpha value is -1.36. The van der Waals surface area contributed by atoms with Crippen LogP contribution >= 0.6 is 0 Å². The molecule has 0 saturated carbocycles. The normalized spacial score (nSPS) is 10.4. The lowest BCUT2D eigenvalue weighted by Gasteiger charge is -2.20. The van der Waals surface area contributed by atoms with Gasteiger partial charge in [-0.2, -0.15) is 0 Å². The molecule has 0 bridgehead atoms. The first-order valence-electron chi connectivity index (χ1n) is 5.60. The molecule has 5 nitrogen and oxygen atoms in total. The quantitative estimate of drug-likeness (QED) is 0.712. The van der Waals surface area contributed by atoms with Gasteiger partial charge in [0, 0.05) is 19.2 Å². The third-order valence-corrected chi connectivity index (χ3v) is 2.35. The molecule has 90 valence electrons. The van der Waals surface area contributed by atoms with E-state index >= 15 is 0 Å². The summed E-state index contributed by atoms with van der Waals surface area (Å²) in [5, 5.41) is 12.5. The Kier molecular flexibility index (Phi) is 5.56. The van der Waals surface area contributed by atoms with E-state index in [9.17, 15) is 4.79 Å². The largest absolute Gasteiger partial charge is 0.395 e. The summed E-state index contributed by atoms with van der Waals surface area (Å²) in [6.45, 7) is 3.07. The summed E-state index contributed by atoms with van der Waals surface area (Å²) in [5.41, 5.74) is 0.296. The van der Waals surface area contributed by atoms with E-state index in [4.69, 9.17) is 5.11 Å². The summed E-state index contributed by atoms with van der Waals surface area (Å²) < 4.78 is 4.63. The average Bonchev–Trinajstić information content (AvgIpc) is 2.81. The van der Waals surface area contributed by atoms with Crippen LogP contribution in [-0.2, 0) is 0 Å². The fourth-order valence-corrected chi connectivity index (χ4v) is 1.47. The Morgan fingerprint density at radius 3 is 2.88 bits per heavy atom. The topological polar surface area (TPSA) is 66.6 Å². The Bertz CT molecular complexity index is 298. The number of aliphatic hydroxyl groups is 1. The third-order valence-electron chi connectivity index (χ3n) is 2.35. The van der Waals surface area contributed by atoms with E-state index in [0.717, 1.165) is 19.3 Å². The molecule has 1 N–H and O–H groups in total. The molecule has 1 aromatic rings. The van der Waals surface area contributed by atoms with Crippen molar-refractivity contribution in [2.45, 2.75) is 26.2 Å². The molecule has 0 unspecified atom stereocenters. The Morgan fingerprint density at radius 1 is 1.50 bits per heavy atom. The fraction of sp³-hybridized carbons (Fsp3) is 0.636. The molecule has 0 atom stereocenters. The molecule has 16 heavy (non-hydrogen) atoms. The smallest absolute Gasteiger partial charge is 0.276 e.